The summed E-state index contributed by atoms with van der Waals surface area (Å²) in [6.45, 7) is 2.52. The Morgan fingerprint density at radius 3 is 2.73 bits per heavy atom. The van der Waals surface area contributed by atoms with E-state index in [9.17, 15) is 9.18 Å². The van der Waals surface area contributed by atoms with Gasteiger partial charge in [0.15, 0.2) is 0 Å². The fourth-order valence-corrected chi connectivity index (χ4v) is 2.44. The van der Waals surface area contributed by atoms with E-state index in [2.05, 4.69) is 10.3 Å². The maximum Gasteiger partial charge on any atom is 0.224 e. The van der Waals surface area contributed by atoms with Gasteiger partial charge in [0.25, 0.3) is 0 Å². The van der Waals surface area contributed by atoms with Crippen molar-refractivity contribution < 1.29 is 9.18 Å². The summed E-state index contributed by atoms with van der Waals surface area (Å²) in [6.07, 6.45) is 1.99. The number of benzene rings is 2. The zero-order chi connectivity index (χ0) is 15.5. The van der Waals surface area contributed by atoms with Crippen molar-refractivity contribution in [3.05, 3.63) is 71.2 Å². The molecule has 0 aliphatic heterocycles. The largest absolute Gasteiger partial charge is 0.361 e. The summed E-state index contributed by atoms with van der Waals surface area (Å²) in [5.74, 6) is -0.376. The highest BCUT2D eigenvalue weighted by molar-refractivity contribution is 5.88. The zero-order valence-electron chi connectivity index (χ0n) is 12.3. The lowest BCUT2D eigenvalue weighted by Crippen LogP contribution is -2.24. The van der Waals surface area contributed by atoms with Crippen LogP contribution in [0.25, 0.3) is 10.9 Å². The lowest BCUT2D eigenvalue weighted by molar-refractivity contribution is -0.120. The van der Waals surface area contributed by atoms with E-state index in [1.165, 1.54) is 17.7 Å². The molecule has 112 valence electrons. The second-order valence-corrected chi connectivity index (χ2v) is 5.44. The molecule has 0 bridgehead atoms. The Bertz CT molecular complexity index is 806. The molecule has 1 heterocycles. The highest BCUT2D eigenvalue weighted by Gasteiger charge is 2.09. The van der Waals surface area contributed by atoms with Gasteiger partial charge in [-0.25, -0.2) is 4.39 Å². The van der Waals surface area contributed by atoms with Crippen molar-refractivity contribution in [3.8, 4) is 0 Å². The average molecular weight is 296 g/mol. The molecule has 0 unspecified atom stereocenters. The van der Waals surface area contributed by atoms with Crippen LogP contribution in [0.3, 0.4) is 0 Å². The van der Waals surface area contributed by atoms with Crippen LogP contribution in [0.1, 0.15) is 16.7 Å². The van der Waals surface area contributed by atoms with Crippen LogP contribution in [0.5, 0.6) is 0 Å². The fourth-order valence-electron chi connectivity index (χ4n) is 2.44. The van der Waals surface area contributed by atoms with E-state index >= 15 is 0 Å². The maximum atomic E-state index is 13.3. The van der Waals surface area contributed by atoms with Crippen molar-refractivity contribution in [1.82, 2.24) is 10.3 Å². The molecule has 0 fully saturated rings. The molecular weight excluding hydrogens is 279 g/mol. The first kappa shape index (κ1) is 14.3. The number of hydrogen-bond donors (Lipinski definition) is 2. The SMILES string of the molecule is Cc1ccc(CNC(=O)Cc2c[nH]c3ccc(F)cc23)cc1. The third-order valence-corrected chi connectivity index (χ3v) is 3.69. The van der Waals surface area contributed by atoms with Crippen LogP contribution < -0.4 is 5.32 Å². The summed E-state index contributed by atoms with van der Waals surface area (Å²) in [6, 6.07) is 12.6. The number of H-pyrrole nitrogens is 1. The summed E-state index contributed by atoms with van der Waals surface area (Å²) >= 11 is 0. The van der Waals surface area contributed by atoms with Gasteiger partial charge in [-0.3, -0.25) is 4.79 Å². The van der Waals surface area contributed by atoms with Gasteiger partial charge >= 0.3 is 0 Å². The van der Waals surface area contributed by atoms with E-state index in [0.29, 0.717) is 6.54 Å². The first-order valence-electron chi connectivity index (χ1n) is 7.19. The number of nitrogens with one attached hydrogen (secondary N) is 2. The highest BCUT2D eigenvalue weighted by atomic mass is 19.1. The zero-order valence-corrected chi connectivity index (χ0v) is 12.3. The molecule has 1 amide bonds. The minimum Gasteiger partial charge on any atom is -0.361 e. The number of amides is 1. The number of carbonyl (C=O) groups is 1. The number of halogens is 1. The summed E-state index contributed by atoms with van der Waals surface area (Å²) < 4.78 is 13.3. The molecule has 4 heteroatoms. The van der Waals surface area contributed by atoms with Gasteiger partial charge in [-0.05, 0) is 36.2 Å². The van der Waals surface area contributed by atoms with Crippen LogP contribution in [-0.4, -0.2) is 10.9 Å². The van der Waals surface area contributed by atoms with E-state index in [-0.39, 0.29) is 18.1 Å². The van der Waals surface area contributed by atoms with E-state index in [1.54, 1.807) is 12.3 Å². The van der Waals surface area contributed by atoms with Gasteiger partial charge in [0.2, 0.25) is 5.91 Å². The standard InChI is InChI=1S/C18H17FN2O/c1-12-2-4-13(5-3-12)10-21-18(22)8-14-11-20-17-7-6-15(19)9-16(14)17/h2-7,9,11,20H,8,10H2,1H3,(H,21,22). The Balaban J connectivity index is 1.65. The van der Waals surface area contributed by atoms with Crippen LogP contribution in [0, 0.1) is 12.7 Å². The van der Waals surface area contributed by atoms with Crippen molar-refractivity contribution in [2.24, 2.45) is 0 Å². The smallest absolute Gasteiger partial charge is 0.224 e. The summed E-state index contributed by atoms with van der Waals surface area (Å²) in [4.78, 5) is 15.1. The van der Waals surface area contributed by atoms with Gasteiger partial charge in [0.1, 0.15) is 5.82 Å². The first-order valence-corrected chi connectivity index (χ1v) is 7.19. The van der Waals surface area contributed by atoms with Gasteiger partial charge < -0.3 is 10.3 Å². The molecule has 0 saturated carbocycles. The van der Waals surface area contributed by atoms with Crippen LogP contribution >= 0.6 is 0 Å². The number of rotatable bonds is 4. The number of aromatic amines is 1. The van der Waals surface area contributed by atoms with Gasteiger partial charge in [0, 0.05) is 23.6 Å². The molecule has 3 aromatic rings. The van der Waals surface area contributed by atoms with Crippen LogP contribution in [0.4, 0.5) is 4.39 Å². The number of hydrogen-bond acceptors (Lipinski definition) is 1. The molecule has 0 spiro atoms. The Hall–Kier alpha value is -2.62. The lowest BCUT2D eigenvalue weighted by atomic mass is 10.1. The fraction of sp³-hybridized carbons (Fsp3) is 0.167. The Morgan fingerprint density at radius 1 is 1.18 bits per heavy atom. The quantitative estimate of drug-likeness (QED) is 0.760. The molecule has 0 aliphatic carbocycles. The van der Waals surface area contributed by atoms with Gasteiger partial charge in [-0.15, -0.1) is 0 Å². The third-order valence-electron chi connectivity index (χ3n) is 3.69. The predicted octanol–water partition coefficient (Wildman–Crippen LogP) is 3.47. The summed E-state index contributed by atoms with van der Waals surface area (Å²) in [5, 5.41) is 3.64. The molecule has 22 heavy (non-hydrogen) atoms. The molecule has 2 aromatic carbocycles. The van der Waals surface area contributed by atoms with Crippen molar-refractivity contribution in [3.63, 3.8) is 0 Å². The number of fused-ring (bicyclic) bond motifs is 1. The first-order chi connectivity index (χ1) is 10.6. The molecule has 0 radical (unpaired) electrons. The second-order valence-electron chi connectivity index (χ2n) is 5.44. The van der Waals surface area contributed by atoms with Crippen molar-refractivity contribution >= 4 is 16.8 Å². The van der Waals surface area contributed by atoms with E-state index in [0.717, 1.165) is 22.0 Å². The normalized spacial score (nSPS) is 10.8. The van der Waals surface area contributed by atoms with E-state index in [4.69, 9.17) is 0 Å². The van der Waals surface area contributed by atoms with Gasteiger partial charge in [0.05, 0.1) is 6.42 Å². The van der Waals surface area contributed by atoms with Crippen LogP contribution in [0.2, 0.25) is 0 Å². The summed E-state index contributed by atoms with van der Waals surface area (Å²) in [7, 11) is 0. The molecule has 0 atom stereocenters. The van der Waals surface area contributed by atoms with Crippen molar-refractivity contribution in [2.45, 2.75) is 19.9 Å². The van der Waals surface area contributed by atoms with Gasteiger partial charge in [-0.1, -0.05) is 29.8 Å². The minimum atomic E-state index is -0.298. The molecule has 2 N–H and O–H groups in total. The molecule has 1 aromatic heterocycles. The highest BCUT2D eigenvalue weighted by Crippen LogP contribution is 2.19. The number of aromatic nitrogens is 1. The number of carbonyl (C=O) groups excluding carboxylic acids is 1. The van der Waals surface area contributed by atoms with E-state index in [1.807, 2.05) is 31.2 Å². The predicted molar refractivity (Wildman–Crippen MR) is 85.0 cm³/mol. The lowest BCUT2D eigenvalue weighted by Gasteiger charge is -2.05. The third kappa shape index (κ3) is 3.17. The van der Waals surface area contributed by atoms with Crippen molar-refractivity contribution in [1.29, 1.82) is 0 Å². The molecule has 0 saturated heterocycles. The molecular formula is C18H17FN2O. The monoisotopic (exact) mass is 296 g/mol. The maximum absolute atomic E-state index is 13.3. The molecule has 3 rings (SSSR count). The Morgan fingerprint density at radius 2 is 1.95 bits per heavy atom. The average Bonchev–Trinajstić information content (AvgIpc) is 2.89. The molecule has 3 nitrogen and oxygen atoms in total. The van der Waals surface area contributed by atoms with Crippen LogP contribution in [-0.2, 0) is 17.8 Å². The van der Waals surface area contributed by atoms with Gasteiger partial charge in [-0.2, -0.15) is 0 Å². The van der Waals surface area contributed by atoms with E-state index < -0.39 is 0 Å². The molecule has 0 aliphatic rings. The Kier molecular flexibility index (Phi) is 3.92. The summed E-state index contributed by atoms with van der Waals surface area (Å²) in [5.41, 5.74) is 3.89. The minimum absolute atomic E-state index is 0.0780. The van der Waals surface area contributed by atoms with Crippen molar-refractivity contribution in [2.75, 3.05) is 0 Å². The Labute approximate surface area is 128 Å². The topological polar surface area (TPSA) is 44.9 Å². The second kappa shape index (κ2) is 6.02. The number of aryl methyl sites for hydroxylation is 1. The van der Waals surface area contributed by atoms with Crippen LogP contribution in [0.15, 0.2) is 48.7 Å².